The van der Waals surface area contributed by atoms with Gasteiger partial charge in [0.1, 0.15) is 6.33 Å². The molecule has 3 rings (SSSR count). The molecule has 5 nitrogen and oxygen atoms in total. The summed E-state index contributed by atoms with van der Waals surface area (Å²) >= 11 is 0. The third kappa shape index (κ3) is 2.24. The molecule has 0 bridgehead atoms. The van der Waals surface area contributed by atoms with Crippen molar-refractivity contribution < 1.29 is 0 Å². The summed E-state index contributed by atoms with van der Waals surface area (Å²) in [6, 6.07) is 12.3. The molecule has 0 radical (unpaired) electrons. The first-order valence-corrected chi connectivity index (χ1v) is 5.62. The van der Waals surface area contributed by atoms with Crippen LogP contribution in [0.4, 0.5) is 0 Å². The first-order chi connectivity index (χ1) is 8.92. The largest absolute Gasteiger partial charge is 0.264 e. The van der Waals surface area contributed by atoms with Gasteiger partial charge in [0, 0.05) is 12.4 Å². The fourth-order valence-corrected chi connectivity index (χ4v) is 1.78. The Hall–Kier alpha value is -2.56. The normalized spacial score (nSPS) is 10.4. The van der Waals surface area contributed by atoms with Gasteiger partial charge in [-0.2, -0.15) is 0 Å². The summed E-state index contributed by atoms with van der Waals surface area (Å²) in [6.45, 7) is 0.681. The number of tetrazole rings is 1. The summed E-state index contributed by atoms with van der Waals surface area (Å²) in [6.07, 6.45) is 5.24. The fourth-order valence-electron chi connectivity index (χ4n) is 1.78. The second kappa shape index (κ2) is 4.75. The minimum absolute atomic E-state index is 0.681. The first-order valence-electron chi connectivity index (χ1n) is 5.62. The van der Waals surface area contributed by atoms with Gasteiger partial charge in [0.05, 0.1) is 6.54 Å². The molecule has 88 valence electrons. The van der Waals surface area contributed by atoms with Gasteiger partial charge >= 0.3 is 0 Å². The minimum atomic E-state index is 0.681. The Morgan fingerprint density at radius 2 is 1.89 bits per heavy atom. The van der Waals surface area contributed by atoms with Gasteiger partial charge in [-0.1, -0.05) is 30.3 Å². The lowest BCUT2D eigenvalue weighted by molar-refractivity contribution is 0.648. The van der Waals surface area contributed by atoms with Crippen molar-refractivity contribution in [2.24, 2.45) is 0 Å². The quantitative estimate of drug-likeness (QED) is 0.696. The van der Waals surface area contributed by atoms with Gasteiger partial charge in [-0.15, -0.1) is 5.10 Å². The second-order valence-corrected chi connectivity index (χ2v) is 3.95. The van der Waals surface area contributed by atoms with Crippen LogP contribution in [-0.2, 0) is 6.54 Å². The molecular formula is C13H11N5. The molecule has 1 aromatic carbocycles. The van der Waals surface area contributed by atoms with Crippen LogP contribution in [0.25, 0.3) is 11.1 Å². The maximum atomic E-state index is 4.11. The Bertz CT molecular complexity index is 602. The summed E-state index contributed by atoms with van der Waals surface area (Å²) in [5.41, 5.74) is 3.44. The number of rotatable bonds is 3. The Morgan fingerprint density at radius 1 is 1.00 bits per heavy atom. The van der Waals surface area contributed by atoms with E-state index in [2.05, 4.69) is 44.8 Å². The van der Waals surface area contributed by atoms with E-state index >= 15 is 0 Å². The lowest BCUT2D eigenvalue weighted by atomic mass is 10.1. The molecule has 0 saturated heterocycles. The number of pyridine rings is 1. The topological polar surface area (TPSA) is 56.5 Å². The summed E-state index contributed by atoms with van der Waals surface area (Å²) in [4.78, 5) is 4.11. The molecule has 0 atom stereocenters. The lowest BCUT2D eigenvalue weighted by Gasteiger charge is -2.03. The molecule has 2 aromatic heterocycles. The summed E-state index contributed by atoms with van der Waals surface area (Å²) in [5.74, 6) is 0. The molecule has 0 unspecified atom stereocenters. The lowest BCUT2D eigenvalue weighted by Crippen LogP contribution is -2.00. The van der Waals surface area contributed by atoms with Crippen molar-refractivity contribution in [3.8, 4) is 11.1 Å². The van der Waals surface area contributed by atoms with Gasteiger partial charge in [-0.25, -0.2) is 4.68 Å². The van der Waals surface area contributed by atoms with Crippen molar-refractivity contribution in [1.82, 2.24) is 25.2 Å². The smallest absolute Gasteiger partial charge is 0.138 e. The van der Waals surface area contributed by atoms with Crippen LogP contribution in [0.15, 0.2) is 55.1 Å². The average Bonchev–Trinajstić information content (AvgIpc) is 2.94. The molecule has 0 spiro atoms. The molecular weight excluding hydrogens is 226 g/mol. The zero-order valence-electron chi connectivity index (χ0n) is 9.64. The van der Waals surface area contributed by atoms with Crippen molar-refractivity contribution in [2.45, 2.75) is 6.54 Å². The van der Waals surface area contributed by atoms with E-state index in [9.17, 15) is 0 Å². The van der Waals surface area contributed by atoms with Crippen LogP contribution in [0.3, 0.4) is 0 Å². The molecule has 0 aliphatic rings. The molecule has 3 aromatic rings. The number of hydrogen-bond donors (Lipinski definition) is 0. The average molecular weight is 237 g/mol. The van der Waals surface area contributed by atoms with Crippen LogP contribution < -0.4 is 0 Å². The van der Waals surface area contributed by atoms with Crippen LogP contribution in [-0.4, -0.2) is 25.2 Å². The Morgan fingerprint density at radius 3 is 2.56 bits per heavy atom. The van der Waals surface area contributed by atoms with Crippen molar-refractivity contribution in [3.05, 3.63) is 60.7 Å². The third-order valence-electron chi connectivity index (χ3n) is 2.68. The molecule has 0 amide bonds. The van der Waals surface area contributed by atoms with Crippen LogP contribution >= 0.6 is 0 Å². The van der Waals surface area contributed by atoms with E-state index in [0.29, 0.717) is 6.54 Å². The van der Waals surface area contributed by atoms with Crippen molar-refractivity contribution in [1.29, 1.82) is 0 Å². The molecule has 0 aliphatic heterocycles. The monoisotopic (exact) mass is 237 g/mol. The van der Waals surface area contributed by atoms with E-state index < -0.39 is 0 Å². The van der Waals surface area contributed by atoms with Crippen LogP contribution in [0, 0.1) is 0 Å². The molecule has 18 heavy (non-hydrogen) atoms. The van der Waals surface area contributed by atoms with Gasteiger partial charge in [0.2, 0.25) is 0 Å². The third-order valence-corrected chi connectivity index (χ3v) is 2.68. The summed E-state index contributed by atoms with van der Waals surface area (Å²) in [7, 11) is 0. The van der Waals surface area contributed by atoms with Crippen LogP contribution in [0.2, 0.25) is 0 Å². The van der Waals surface area contributed by atoms with Gasteiger partial charge < -0.3 is 0 Å². The van der Waals surface area contributed by atoms with E-state index in [0.717, 1.165) is 16.7 Å². The Balaban J connectivity index is 1.81. The van der Waals surface area contributed by atoms with Gasteiger partial charge in [0.15, 0.2) is 0 Å². The Kier molecular flexibility index (Phi) is 2.79. The predicted molar refractivity (Wildman–Crippen MR) is 66.6 cm³/mol. The number of hydrogen-bond acceptors (Lipinski definition) is 4. The van der Waals surface area contributed by atoms with Crippen LogP contribution in [0.5, 0.6) is 0 Å². The summed E-state index contributed by atoms with van der Waals surface area (Å²) in [5, 5.41) is 11.1. The zero-order valence-corrected chi connectivity index (χ0v) is 9.64. The molecule has 2 heterocycles. The van der Waals surface area contributed by atoms with E-state index in [-0.39, 0.29) is 0 Å². The first kappa shape index (κ1) is 10.6. The molecule has 5 heteroatoms. The fraction of sp³-hybridized carbons (Fsp3) is 0.0769. The van der Waals surface area contributed by atoms with Crippen molar-refractivity contribution >= 4 is 0 Å². The van der Waals surface area contributed by atoms with E-state index in [4.69, 9.17) is 0 Å². The van der Waals surface area contributed by atoms with E-state index in [1.54, 1.807) is 17.2 Å². The van der Waals surface area contributed by atoms with Gasteiger partial charge in [-0.3, -0.25) is 4.98 Å². The van der Waals surface area contributed by atoms with Crippen molar-refractivity contribution in [2.75, 3.05) is 0 Å². The SMILES string of the molecule is c1cncc(-c2ccc(Cn3cnnn3)cc2)c1. The maximum Gasteiger partial charge on any atom is 0.138 e. The highest BCUT2D eigenvalue weighted by atomic mass is 15.5. The van der Waals surface area contributed by atoms with Gasteiger partial charge in [0.25, 0.3) is 0 Å². The maximum absolute atomic E-state index is 4.11. The molecule has 0 aliphatic carbocycles. The second-order valence-electron chi connectivity index (χ2n) is 3.95. The molecule has 0 N–H and O–H groups in total. The highest BCUT2D eigenvalue weighted by Gasteiger charge is 1.99. The number of benzene rings is 1. The zero-order chi connectivity index (χ0) is 12.2. The molecule has 0 fully saturated rings. The van der Waals surface area contributed by atoms with E-state index in [1.807, 2.05) is 18.3 Å². The number of nitrogens with zero attached hydrogens (tertiary/aromatic N) is 5. The number of aromatic nitrogens is 5. The minimum Gasteiger partial charge on any atom is -0.264 e. The van der Waals surface area contributed by atoms with Crippen molar-refractivity contribution in [3.63, 3.8) is 0 Å². The highest BCUT2D eigenvalue weighted by Crippen LogP contribution is 2.18. The van der Waals surface area contributed by atoms with Crippen LogP contribution in [0.1, 0.15) is 5.56 Å². The summed E-state index contributed by atoms with van der Waals surface area (Å²) < 4.78 is 1.69. The standard InChI is InChI=1S/C13H11N5/c1-2-13(8-14-7-1)12-5-3-11(4-6-12)9-18-10-15-16-17-18/h1-8,10H,9H2. The predicted octanol–water partition coefficient (Wildman–Crippen LogP) is 1.78. The highest BCUT2D eigenvalue weighted by molar-refractivity contribution is 5.62. The Labute approximate surface area is 104 Å². The van der Waals surface area contributed by atoms with Gasteiger partial charge in [-0.05, 0) is 33.2 Å². The van der Waals surface area contributed by atoms with E-state index in [1.165, 1.54) is 0 Å². The molecule has 0 saturated carbocycles.